The van der Waals surface area contributed by atoms with Gasteiger partial charge in [0.1, 0.15) is 11.4 Å². The van der Waals surface area contributed by atoms with E-state index in [1.165, 1.54) is 70.5 Å². The molecular weight excluding hydrogens is 512 g/mol. The second kappa shape index (κ2) is 16.3. The van der Waals surface area contributed by atoms with E-state index in [2.05, 4.69) is 33.7 Å². The van der Waals surface area contributed by atoms with E-state index < -0.39 is 34.4 Å². The lowest BCUT2D eigenvalue weighted by molar-refractivity contribution is 0.0696. The van der Waals surface area contributed by atoms with Crippen LogP contribution >= 0.6 is 15.9 Å². The summed E-state index contributed by atoms with van der Waals surface area (Å²) >= 11 is 3.07. The number of benzene rings is 1. The standard InChI is InChI=1S/C13H9BrF2N2O3.C11H25NO/c1-18-5-7(13(20)21)11(10(16)12(18)19)17-9-3-2-6(14)4-8(9)15;1-3-4-5-6-7-8-9-10-11-12-13-2/h2-5,17H,1H3,(H,20,21);12H,3-11H2,1-2H3. The number of hydrogen-bond donors (Lipinski definition) is 3. The Bertz CT molecular complexity index is 960. The minimum atomic E-state index is -1.44. The molecule has 2 aromatic rings. The molecule has 1 aromatic heterocycles. The molecule has 3 N–H and O–H groups in total. The predicted molar refractivity (Wildman–Crippen MR) is 134 cm³/mol. The lowest BCUT2D eigenvalue weighted by Gasteiger charge is -2.12. The largest absolute Gasteiger partial charge is 0.478 e. The fourth-order valence-corrected chi connectivity index (χ4v) is 3.47. The van der Waals surface area contributed by atoms with Crippen molar-refractivity contribution in [2.45, 2.75) is 58.3 Å². The predicted octanol–water partition coefficient (Wildman–Crippen LogP) is 6.15. The van der Waals surface area contributed by atoms with Gasteiger partial charge >= 0.3 is 5.97 Å². The highest BCUT2D eigenvalue weighted by atomic mass is 79.9. The summed E-state index contributed by atoms with van der Waals surface area (Å²) in [5.41, 5.74) is 0.648. The summed E-state index contributed by atoms with van der Waals surface area (Å²) in [5, 5.41) is 11.4. The van der Waals surface area contributed by atoms with Crippen molar-refractivity contribution in [3.05, 3.63) is 56.4 Å². The Morgan fingerprint density at radius 3 is 2.29 bits per heavy atom. The molecule has 0 amide bonds. The van der Waals surface area contributed by atoms with E-state index in [4.69, 9.17) is 9.94 Å². The van der Waals surface area contributed by atoms with Crippen molar-refractivity contribution in [1.29, 1.82) is 0 Å². The number of pyridine rings is 1. The molecule has 0 aliphatic rings. The molecule has 190 valence electrons. The number of carbonyl (C=O) groups is 1. The summed E-state index contributed by atoms with van der Waals surface area (Å²) in [6.07, 6.45) is 11.9. The summed E-state index contributed by atoms with van der Waals surface area (Å²) in [7, 11) is 2.90. The number of aromatic nitrogens is 1. The smallest absolute Gasteiger partial charge is 0.339 e. The van der Waals surface area contributed by atoms with Gasteiger partial charge in [0.15, 0.2) is 0 Å². The number of unbranched alkanes of at least 4 members (excludes halogenated alkanes) is 7. The van der Waals surface area contributed by atoms with Crippen molar-refractivity contribution in [2.75, 3.05) is 19.0 Å². The van der Waals surface area contributed by atoms with Crippen molar-refractivity contribution < 1.29 is 23.5 Å². The van der Waals surface area contributed by atoms with E-state index >= 15 is 0 Å². The third kappa shape index (κ3) is 10.3. The number of carboxylic acid groups (broad SMARTS) is 1. The molecule has 0 aliphatic heterocycles. The Morgan fingerprint density at radius 1 is 1.12 bits per heavy atom. The monoisotopic (exact) mass is 545 g/mol. The van der Waals surface area contributed by atoms with Crippen LogP contribution in [0.15, 0.2) is 33.7 Å². The number of anilines is 2. The van der Waals surface area contributed by atoms with Crippen LogP contribution in [0.4, 0.5) is 20.2 Å². The number of halogens is 3. The molecule has 10 heteroatoms. The Balaban J connectivity index is 0.000000385. The van der Waals surface area contributed by atoms with E-state index in [0.29, 0.717) is 4.47 Å². The first-order valence-corrected chi connectivity index (χ1v) is 12.1. The SMILES string of the molecule is CCCCCCCCCCNOC.Cn1cc(C(=O)O)c(Nc2ccc(Br)cc2F)c(F)c1=O. The van der Waals surface area contributed by atoms with Gasteiger partial charge in [0.2, 0.25) is 5.82 Å². The zero-order valence-corrected chi connectivity index (χ0v) is 21.5. The number of carboxylic acids is 1. The maximum atomic E-state index is 14.0. The van der Waals surface area contributed by atoms with Crippen molar-refractivity contribution >= 4 is 33.3 Å². The first kappa shape index (κ1) is 29.7. The number of nitrogens with zero attached hydrogens (tertiary/aromatic N) is 1. The lowest BCUT2D eigenvalue weighted by atomic mass is 10.1. The van der Waals surface area contributed by atoms with Crippen LogP contribution in [0, 0.1) is 11.6 Å². The van der Waals surface area contributed by atoms with Crippen LogP contribution in [0.25, 0.3) is 0 Å². The van der Waals surface area contributed by atoms with Gasteiger partial charge in [-0.25, -0.2) is 14.7 Å². The van der Waals surface area contributed by atoms with E-state index in [1.54, 1.807) is 7.11 Å². The molecule has 1 heterocycles. The molecule has 0 aliphatic carbocycles. The zero-order valence-electron chi connectivity index (χ0n) is 19.9. The molecule has 0 saturated carbocycles. The van der Waals surface area contributed by atoms with Crippen LogP contribution in [0.5, 0.6) is 0 Å². The van der Waals surface area contributed by atoms with Crippen LogP contribution in [0.2, 0.25) is 0 Å². The molecule has 0 spiro atoms. The van der Waals surface area contributed by atoms with Crippen LogP contribution in [0.1, 0.15) is 68.6 Å². The van der Waals surface area contributed by atoms with Gasteiger partial charge in [-0.15, -0.1) is 0 Å². The summed E-state index contributed by atoms with van der Waals surface area (Å²) < 4.78 is 29.0. The maximum Gasteiger partial charge on any atom is 0.339 e. The van der Waals surface area contributed by atoms with Gasteiger partial charge in [-0.1, -0.05) is 67.8 Å². The van der Waals surface area contributed by atoms with E-state index in [-0.39, 0.29) is 5.69 Å². The minimum Gasteiger partial charge on any atom is -0.478 e. The van der Waals surface area contributed by atoms with Crippen LogP contribution < -0.4 is 16.4 Å². The highest BCUT2D eigenvalue weighted by Crippen LogP contribution is 2.26. The summed E-state index contributed by atoms with van der Waals surface area (Å²) in [6.45, 7) is 3.25. The lowest BCUT2D eigenvalue weighted by Crippen LogP contribution is -2.24. The fourth-order valence-electron chi connectivity index (χ4n) is 3.14. The molecule has 0 bridgehead atoms. The Kier molecular flexibility index (Phi) is 14.3. The molecule has 1 aromatic carbocycles. The summed E-state index contributed by atoms with van der Waals surface area (Å²) in [6, 6.07) is 3.91. The number of rotatable bonds is 13. The number of hydroxylamine groups is 1. The number of hydrogen-bond acceptors (Lipinski definition) is 5. The summed E-state index contributed by atoms with van der Waals surface area (Å²) in [5.74, 6) is -3.45. The van der Waals surface area contributed by atoms with Crippen molar-refractivity contribution in [1.82, 2.24) is 10.0 Å². The van der Waals surface area contributed by atoms with Gasteiger partial charge in [0, 0.05) is 24.3 Å². The second-order valence-electron chi connectivity index (χ2n) is 7.78. The van der Waals surface area contributed by atoms with Gasteiger partial charge in [-0.05, 0) is 24.6 Å². The van der Waals surface area contributed by atoms with Crippen LogP contribution in [-0.2, 0) is 11.9 Å². The van der Waals surface area contributed by atoms with Crippen molar-refractivity contribution in [3.63, 3.8) is 0 Å². The van der Waals surface area contributed by atoms with Gasteiger partial charge in [-0.3, -0.25) is 4.79 Å². The first-order chi connectivity index (χ1) is 16.2. The molecular formula is C24H34BrF2N3O4. The fraction of sp³-hybridized carbons (Fsp3) is 0.500. The minimum absolute atomic E-state index is 0.146. The topological polar surface area (TPSA) is 92.6 Å². The highest BCUT2D eigenvalue weighted by molar-refractivity contribution is 9.10. The van der Waals surface area contributed by atoms with Gasteiger partial charge in [-0.2, -0.15) is 4.39 Å². The third-order valence-electron chi connectivity index (χ3n) is 5.02. The molecule has 0 saturated heterocycles. The van der Waals surface area contributed by atoms with Gasteiger partial charge in [0.05, 0.1) is 18.5 Å². The third-order valence-corrected chi connectivity index (χ3v) is 5.51. The second-order valence-corrected chi connectivity index (χ2v) is 8.69. The van der Waals surface area contributed by atoms with E-state index in [9.17, 15) is 18.4 Å². The van der Waals surface area contributed by atoms with Crippen LogP contribution in [-0.4, -0.2) is 29.3 Å². The molecule has 0 fully saturated rings. The molecule has 7 nitrogen and oxygen atoms in total. The Hall–Kier alpha value is -2.30. The highest BCUT2D eigenvalue weighted by Gasteiger charge is 2.20. The summed E-state index contributed by atoms with van der Waals surface area (Å²) in [4.78, 5) is 27.4. The van der Waals surface area contributed by atoms with Gasteiger partial charge in [0.25, 0.3) is 5.56 Å². The van der Waals surface area contributed by atoms with E-state index in [1.807, 2.05) is 0 Å². The molecule has 0 unspecified atom stereocenters. The molecule has 0 atom stereocenters. The average Bonchev–Trinajstić information content (AvgIpc) is 2.80. The average molecular weight is 546 g/mol. The normalized spacial score (nSPS) is 10.5. The van der Waals surface area contributed by atoms with E-state index in [0.717, 1.165) is 23.4 Å². The van der Waals surface area contributed by atoms with Crippen molar-refractivity contribution in [2.24, 2.45) is 7.05 Å². The molecule has 2 rings (SSSR count). The number of nitrogens with one attached hydrogen (secondary N) is 2. The zero-order chi connectivity index (χ0) is 25.5. The van der Waals surface area contributed by atoms with Gasteiger partial charge < -0.3 is 19.8 Å². The maximum absolute atomic E-state index is 14.0. The first-order valence-electron chi connectivity index (χ1n) is 11.3. The molecule has 0 radical (unpaired) electrons. The number of aryl methyl sites for hydroxylation is 1. The number of aromatic carboxylic acids is 1. The molecule has 34 heavy (non-hydrogen) atoms. The quantitative estimate of drug-likeness (QED) is 0.206. The Morgan fingerprint density at radius 2 is 1.74 bits per heavy atom. The van der Waals surface area contributed by atoms with Crippen molar-refractivity contribution in [3.8, 4) is 0 Å². The van der Waals surface area contributed by atoms with Crippen LogP contribution in [0.3, 0.4) is 0 Å². The Labute approximate surface area is 207 Å².